The summed E-state index contributed by atoms with van der Waals surface area (Å²) >= 11 is 1.23. The van der Waals surface area contributed by atoms with Crippen LogP contribution in [0.2, 0.25) is 0 Å². The lowest BCUT2D eigenvalue weighted by Crippen LogP contribution is -2.18. The Balaban J connectivity index is 1.36. The molecule has 0 bridgehead atoms. The molecule has 0 aliphatic carbocycles. The van der Waals surface area contributed by atoms with E-state index in [9.17, 15) is 14.0 Å². The number of carbonyl (C=O) groups excluding carboxylic acids is 2. The normalized spacial score (nSPS) is 15.5. The molecule has 2 aromatic carbocycles. The van der Waals surface area contributed by atoms with Crippen molar-refractivity contribution in [2.45, 2.75) is 37.6 Å². The minimum Gasteiger partial charge on any atom is -0.451 e. The number of amides is 1. The van der Waals surface area contributed by atoms with Gasteiger partial charge in [0.15, 0.2) is 22.5 Å². The molecule has 3 heterocycles. The predicted octanol–water partition coefficient (Wildman–Crippen LogP) is 4.94. The Hall–Kier alpha value is -3.50. The van der Waals surface area contributed by atoms with Gasteiger partial charge in [-0.15, -0.1) is 10.2 Å². The third-order valence-corrected chi connectivity index (χ3v) is 6.71. The number of nitrogens with zero attached hydrogens (tertiary/aromatic N) is 3. The summed E-state index contributed by atoms with van der Waals surface area (Å²) in [4.78, 5) is 24.9. The molecule has 10 heteroatoms. The van der Waals surface area contributed by atoms with Crippen molar-refractivity contribution in [2.24, 2.45) is 0 Å². The minimum atomic E-state index is -0.332. The maximum Gasteiger partial charge on any atom is 0.234 e. The number of ketones is 1. The van der Waals surface area contributed by atoms with Crippen LogP contribution in [0.5, 0.6) is 0 Å². The van der Waals surface area contributed by atoms with Crippen molar-refractivity contribution in [3.63, 3.8) is 0 Å². The van der Waals surface area contributed by atoms with Gasteiger partial charge >= 0.3 is 0 Å². The molecule has 2 aromatic heterocycles. The van der Waals surface area contributed by atoms with E-state index in [1.807, 2.05) is 10.6 Å². The summed E-state index contributed by atoms with van der Waals surface area (Å²) in [7, 11) is 0. The smallest absolute Gasteiger partial charge is 0.234 e. The molecular weight excluding hydrogens is 471 g/mol. The number of Topliss-reactive ketones (excluding diaryl/α,β-unsaturated/α-hetero) is 1. The molecule has 5 rings (SSSR count). The van der Waals surface area contributed by atoms with Gasteiger partial charge in [-0.05, 0) is 49.2 Å². The molecule has 1 aliphatic rings. The van der Waals surface area contributed by atoms with E-state index in [1.165, 1.54) is 30.8 Å². The molecule has 0 radical (unpaired) electrons. The SMILES string of the molecule is CC(=O)c1oc2ccccc2c1NC(=O)CSc1nnc(-c2ccc(F)cc2)n1C[C@H]1CCCO1. The van der Waals surface area contributed by atoms with Gasteiger partial charge in [-0.25, -0.2) is 4.39 Å². The lowest BCUT2D eigenvalue weighted by Gasteiger charge is -2.14. The van der Waals surface area contributed by atoms with Gasteiger partial charge in [0.25, 0.3) is 0 Å². The highest BCUT2D eigenvalue weighted by Crippen LogP contribution is 2.32. The first-order valence-electron chi connectivity index (χ1n) is 11.3. The van der Waals surface area contributed by atoms with Crippen LogP contribution in [0, 0.1) is 5.82 Å². The number of rotatable bonds is 8. The summed E-state index contributed by atoms with van der Waals surface area (Å²) in [5, 5.41) is 12.7. The molecule has 1 amide bonds. The van der Waals surface area contributed by atoms with Gasteiger partial charge in [0, 0.05) is 24.5 Å². The Morgan fingerprint density at radius 3 is 2.71 bits per heavy atom. The number of aromatic nitrogens is 3. The highest BCUT2D eigenvalue weighted by molar-refractivity contribution is 7.99. The highest BCUT2D eigenvalue weighted by Gasteiger charge is 2.23. The van der Waals surface area contributed by atoms with E-state index < -0.39 is 0 Å². The lowest BCUT2D eigenvalue weighted by atomic mass is 10.2. The van der Waals surface area contributed by atoms with Crippen LogP contribution in [0.25, 0.3) is 22.4 Å². The zero-order valence-corrected chi connectivity index (χ0v) is 19.8. The van der Waals surface area contributed by atoms with E-state index in [0.29, 0.717) is 40.8 Å². The number of hydrogen-bond acceptors (Lipinski definition) is 7. The first kappa shape index (κ1) is 23.3. The molecule has 35 heavy (non-hydrogen) atoms. The van der Waals surface area contributed by atoms with Crippen LogP contribution >= 0.6 is 11.8 Å². The molecule has 1 N–H and O–H groups in total. The summed E-state index contributed by atoms with van der Waals surface area (Å²) in [5.74, 6) is -0.164. The summed E-state index contributed by atoms with van der Waals surface area (Å²) in [6.07, 6.45) is 1.93. The van der Waals surface area contributed by atoms with E-state index in [4.69, 9.17) is 9.15 Å². The molecule has 1 atom stereocenters. The maximum atomic E-state index is 13.4. The second kappa shape index (κ2) is 10.0. The Bertz CT molecular complexity index is 1380. The van der Waals surface area contributed by atoms with Crippen LogP contribution in [0.1, 0.15) is 30.3 Å². The molecule has 8 nitrogen and oxygen atoms in total. The molecule has 0 unspecified atom stereocenters. The largest absolute Gasteiger partial charge is 0.451 e. The number of fused-ring (bicyclic) bond motifs is 1. The second-order valence-corrected chi connectivity index (χ2v) is 9.20. The van der Waals surface area contributed by atoms with Crippen LogP contribution in [0.4, 0.5) is 10.1 Å². The first-order valence-corrected chi connectivity index (χ1v) is 12.2. The van der Waals surface area contributed by atoms with Gasteiger partial charge in [0.2, 0.25) is 5.91 Å². The standard InChI is InChI=1S/C25H23FN4O4S/c1-15(31)23-22(19-6-2-3-7-20(19)34-23)27-21(32)14-35-25-29-28-24(16-8-10-17(26)11-9-16)30(25)13-18-5-4-12-33-18/h2-3,6-11,18H,4-5,12-14H2,1H3,(H,27,32)/t18-/m1/s1. The summed E-state index contributed by atoms with van der Waals surface area (Å²) in [5.41, 5.74) is 1.62. The van der Waals surface area contributed by atoms with E-state index in [0.717, 1.165) is 18.4 Å². The van der Waals surface area contributed by atoms with Crippen molar-refractivity contribution in [2.75, 3.05) is 17.7 Å². The van der Waals surface area contributed by atoms with Crippen LogP contribution < -0.4 is 5.32 Å². The van der Waals surface area contributed by atoms with Gasteiger partial charge in [-0.2, -0.15) is 0 Å². The van der Waals surface area contributed by atoms with Gasteiger partial charge in [0.1, 0.15) is 11.4 Å². The summed E-state index contributed by atoms with van der Waals surface area (Å²) in [6.45, 7) is 2.64. The number of para-hydroxylation sites is 1. The quantitative estimate of drug-likeness (QED) is 0.273. The summed E-state index contributed by atoms with van der Waals surface area (Å²) in [6, 6.07) is 13.2. The number of anilines is 1. The number of ether oxygens (including phenoxy) is 1. The van der Waals surface area contributed by atoms with E-state index in [1.54, 1.807) is 30.3 Å². The lowest BCUT2D eigenvalue weighted by molar-refractivity contribution is -0.113. The molecule has 180 valence electrons. The Morgan fingerprint density at radius 2 is 1.97 bits per heavy atom. The van der Waals surface area contributed by atoms with Crippen LogP contribution in [-0.2, 0) is 16.1 Å². The van der Waals surface area contributed by atoms with E-state index >= 15 is 0 Å². The average Bonchev–Trinajstić information content (AvgIpc) is 3.59. The molecule has 1 saturated heterocycles. The third kappa shape index (κ3) is 4.98. The van der Waals surface area contributed by atoms with Crippen molar-refractivity contribution in [1.29, 1.82) is 0 Å². The Kier molecular flexibility index (Phi) is 6.65. The minimum absolute atomic E-state index is 0.0220. The van der Waals surface area contributed by atoms with E-state index in [2.05, 4.69) is 15.5 Å². The van der Waals surface area contributed by atoms with Crippen molar-refractivity contribution < 1.29 is 23.1 Å². The second-order valence-electron chi connectivity index (χ2n) is 8.25. The zero-order valence-electron chi connectivity index (χ0n) is 19.0. The molecule has 4 aromatic rings. The number of nitrogens with one attached hydrogen (secondary N) is 1. The Morgan fingerprint density at radius 1 is 1.17 bits per heavy atom. The van der Waals surface area contributed by atoms with Crippen LogP contribution in [0.3, 0.4) is 0 Å². The van der Waals surface area contributed by atoms with E-state index in [-0.39, 0.29) is 35.1 Å². The third-order valence-electron chi connectivity index (χ3n) is 5.74. The fourth-order valence-electron chi connectivity index (χ4n) is 4.09. The maximum absolute atomic E-state index is 13.4. The van der Waals surface area contributed by atoms with Crippen LogP contribution in [0.15, 0.2) is 58.1 Å². The monoisotopic (exact) mass is 494 g/mol. The topological polar surface area (TPSA) is 99.3 Å². The van der Waals surface area contributed by atoms with Crippen LogP contribution in [-0.4, -0.2) is 44.9 Å². The predicted molar refractivity (Wildman–Crippen MR) is 130 cm³/mol. The van der Waals surface area contributed by atoms with Crippen molar-refractivity contribution in [3.05, 3.63) is 60.1 Å². The Labute approximate surface area is 204 Å². The summed E-state index contributed by atoms with van der Waals surface area (Å²) < 4.78 is 26.8. The fourth-order valence-corrected chi connectivity index (χ4v) is 4.84. The molecule has 0 spiro atoms. The number of thioether (sulfide) groups is 1. The molecule has 0 saturated carbocycles. The van der Waals surface area contributed by atoms with Gasteiger partial charge in [-0.3, -0.25) is 14.2 Å². The fraction of sp³-hybridized carbons (Fsp3) is 0.280. The molecular formula is C25H23FN4O4S. The van der Waals surface area contributed by atoms with Crippen molar-refractivity contribution in [3.8, 4) is 11.4 Å². The zero-order chi connectivity index (χ0) is 24.4. The number of benzene rings is 2. The number of halogens is 1. The average molecular weight is 495 g/mol. The first-order chi connectivity index (χ1) is 17.0. The van der Waals surface area contributed by atoms with Gasteiger partial charge in [0.05, 0.1) is 24.1 Å². The van der Waals surface area contributed by atoms with Gasteiger partial charge in [-0.1, -0.05) is 23.9 Å². The van der Waals surface area contributed by atoms with Crippen molar-refractivity contribution in [1.82, 2.24) is 14.8 Å². The van der Waals surface area contributed by atoms with Crippen molar-refractivity contribution >= 4 is 40.1 Å². The molecule has 1 fully saturated rings. The van der Waals surface area contributed by atoms with Gasteiger partial charge < -0.3 is 14.5 Å². The molecule has 1 aliphatic heterocycles. The number of hydrogen-bond donors (Lipinski definition) is 1. The highest BCUT2D eigenvalue weighted by atomic mass is 32.2. The number of carbonyl (C=O) groups is 2. The number of furan rings is 1.